The van der Waals surface area contributed by atoms with Crippen molar-refractivity contribution < 1.29 is 24.2 Å². The molecule has 1 aliphatic heterocycles. The molecule has 1 amide bonds. The minimum Gasteiger partial charge on any atom is -0.496 e. The number of amides is 1. The second kappa shape index (κ2) is 7.70. The summed E-state index contributed by atoms with van der Waals surface area (Å²) < 4.78 is 10.9. The highest BCUT2D eigenvalue weighted by Crippen LogP contribution is 2.36. The number of fused-ring (bicyclic) bond motifs is 1. The first-order valence-electron chi connectivity index (χ1n) is 8.82. The molecule has 0 spiro atoms. The van der Waals surface area contributed by atoms with Crippen LogP contribution in [0.15, 0.2) is 30.3 Å². The molecule has 3 rings (SSSR count). The zero-order valence-electron chi connectivity index (χ0n) is 15.7. The van der Waals surface area contributed by atoms with Crippen LogP contribution in [0.4, 0.5) is 0 Å². The summed E-state index contributed by atoms with van der Waals surface area (Å²) in [5, 5.41) is 12.0. The molecule has 1 heterocycles. The molecule has 0 aromatic heterocycles. The summed E-state index contributed by atoms with van der Waals surface area (Å²) in [6.07, 6.45) is 0.544. The van der Waals surface area contributed by atoms with Crippen molar-refractivity contribution in [2.75, 3.05) is 20.3 Å². The zero-order valence-corrected chi connectivity index (χ0v) is 15.7. The number of benzene rings is 2. The molecule has 0 saturated carbocycles. The molecule has 0 bridgehead atoms. The Kier molecular flexibility index (Phi) is 5.35. The van der Waals surface area contributed by atoms with Crippen LogP contribution in [0.3, 0.4) is 0 Å². The average molecular weight is 369 g/mol. The van der Waals surface area contributed by atoms with Crippen molar-refractivity contribution in [3.05, 3.63) is 58.1 Å². The maximum atomic E-state index is 12.6. The summed E-state index contributed by atoms with van der Waals surface area (Å²) in [5.74, 6) is -0.0961. The lowest BCUT2D eigenvalue weighted by Crippen LogP contribution is -2.31. The Labute approximate surface area is 158 Å². The Morgan fingerprint density at radius 3 is 2.67 bits per heavy atom. The van der Waals surface area contributed by atoms with Gasteiger partial charge in [0.1, 0.15) is 24.0 Å². The maximum Gasteiger partial charge on any atom is 0.335 e. The summed E-state index contributed by atoms with van der Waals surface area (Å²) >= 11 is 0. The molecule has 1 atom stereocenters. The number of carbonyl (C=O) groups excluding carboxylic acids is 1. The van der Waals surface area contributed by atoms with Gasteiger partial charge in [-0.1, -0.05) is 12.1 Å². The van der Waals surface area contributed by atoms with Gasteiger partial charge < -0.3 is 19.9 Å². The molecule has 1 unspecified atom stereocenters. The van der Waals surface area contributed by atoms with E-state index in [1.165, 1.54) is 19.2 Å². The van der Waals surface area contributed by atoms with E-state index in [0.717, 1.165) is 28.0 Å². The van der Waals surface area contributed by atoms with Crippen LogP contribution in [0.5, 0.6) is 11.5 Å². The molecule has 6 heteroatoms. The van der Waals surface area contributed by atoms with Crippen LogP contribution < -0.4 is 14.8 Å². The van der Waals surface area contributed by atoms with Crippen molar-refractivity contribution in [2.45, 2.75) is 26.2 Å². The largest absolute Gasteiger partial charge is 0.496 e. The quantitative estimate of drug-likeness (QED) is 0.818. The lowest BCUT2D eigenvalue weighted by Gasteiger charge is -2.13. The second-order valence-corrected chi connectivity index (χ2v) is 6.71. The molecular formula is C21H23NO5. The van der Waals surface area contributed by atoms with E-state index in [1.807, 2.05) is 26.0 Å². The first-order chi connectivity index (χ1) is 12.9. The third-order valence-corrected chi connectivity index (χ3v) is 4.95. The predicted octanol–water partition coefficient (Wildman–Crippen LogP) is 2.85. The van der Waals surface area contributed by atoms with Crippen LogP contribution in [0.2, 0.25) is 0 Å². The molecule has 2 aromatic rings. The smallest absolute Gasteiger partial charge is 0.335 e. The number of nitrogens with one attached hydrogen (secondary N) is 1. The minimum atomic E-state index is -1.00. The second-order valence-electron chi connectivity index (χ2n) is 6.71. The Morgan fingerprint density at radius 1 is 1.22 bits per heavy atom. The van der Waals surface area contributed by atoms with Crippen molar-refractivity contribution in [1.82, 2.24) is 5.32 Å². The number of aryl methyl sites for hydroxylation is 2. The number of hydrogen-bond donors (Lipinski definition) is 2. The summed E-state index contributed by atoms with van der Waals surface area (Å²) in [7, 11) is 1.50. The Morgan fingerprint density at radius 2 is 1.96 bits per heavy atom. The van der Waals surface area contributed by atoms with Gasteiger partial charge in [0, 0.05) is 12.1 Å². The van der Waals surface area contributed by atoms with Crippen LogP contribution in [0.25, 0.3) is 0 Å². The number of carboxylic acid groups (broad SMARTS) is 1. The van der Waals surface area contributed by atoms with Gasteiger partial charge in [-0.25, -0.2) is 4.79 Å². The van der Waals surface area contributed by atoms with Crippen molar-refractivity contribution in [2.24, 2.45) is 0 Å². The fourth-order valence-corrected chi connectivity index (χ4v) is 3.22. The van der Waals surface area contributed by atoms with E-state index in [2.05, 4.69) is 5.32 Å². The molecule has 2 N–H and O–H groups in total. The van der Waals surface area contributed by atoms with Gasteiger partial charge in [-0.2, -0.15) is 0 Å². The fraction of sp³-hybridized carbons (Fsp3) is 0.333. The van der Waals surface area contributed by atoms with Crippen LogP contribution >= 0.6 is 0 Å². The molecule has 1 aliphatic rings. The van der Waals surface area contributed by atoms with Gasteiger partial charge in [0.25, 0.3) is 0 Å². The predicted molar refractivity (Wildman–Crippen MR) is 101 cm³/mol. The maximum absolute atomic E-state index is 12.6. The van der Waals surface area contributed by atoms with Gasteiger partial charge in [-0.3, -0.25) is 4.79 Å². The summed E-state index contributed by atoms with van der Waals surface area (Å²) in [6, 6.07) is 8.75. The van der Waals surface area contributed by atoms with Crippen LogP contribution in [0, 0.1) is 13.8 Å². The van der Waals surface area contributed by atoms with Gasteiger partial charge in [0.15, 0.2) is 0 Å². The molecule has 0 aliphatic carbocycles. The molecule has 0 fully saturated rings. The van der Waals surface area contributed by atoms with Gasteiger partial charge in [-0.05, 0) is 55.2 Å². The molecule has 142 valence electrons. The zero-order chi connectivity index (χ0) is 19.6. The van der Waals surface area contributed by atoms with E-state index >= 15 is 0 Å². The van der Waals surface area contributed by atoms with E-state index in [1.54, 1.807) is 6.07 Å². The first kappa shape index (κ1) is 18.8. The summed E-state index contributed by atoms with van der Waals surface area (Å²) in [6.45, 7) is 4.82. The van der Waals surface area contributed by atoms with Gasteiger partial charge >= 0.3 is 5.97 Å². The van der Waals surface area contributed by atoms with E-state index in [9.17, 15) is 9.59 Å². The van der Waals surface area contributed by atoms with Crippen molar-refractivity contribution in [3.8, 4) is 11.5 Å². The molecule has 6 nitrogen and oxygen atoms in total. The van der Waals surface area contributed by atoms with Gasteiger partial charge in [-0.15, -0.1) is 0 Å². The third-order valence-electron chi connectivity index (χ3n) is 4.95. The number of ether oxygens (including phenoxy) is 2. The summed E-state index contributed by atoms with van der Waals surface area (Å²) in [4.78, 5) is 23.6. The Hall–Kier alpha value is -3.02. The Balaban J connectivity index is 1.63. The number of carboxylic acids is 1. The van der Waals surface area contributed by atoms with Crippen LogP contribution in [-0.4, -0.2) is 37.2 Å². The highest BCUT2D eigenvalue weighted by atomic mass is 16.5. The molecule has 27 heavy (non-hydrogen) atoms. The first-order valence-corrected chi connectivity index (χ1v) is 8.82. The lowest BCUT2D eigenvalue weighted by atomic mass is 9.96. The van der Waals surface area contributed by atoms with E-state index < -0.39 is 5.97 Å². The molecular weight excluding hydrogens is 346 g/mol. The SMILES string of the molecule is COc1cc(C(=O)O)ccc1CCNC(=O)C1COc2cc(C)c(C)cc21. The van der Waals surface area contributed by atoms with Crippen LogP contribution in [-0.2, 0) is 11.2 Å². The van der Waals surface area contributed by atoms with Gasteiger partial charge in [0.2, 0.25) is 5.91 Å². The normalized spacial score (nSPS) is 15.0. The average Bonchev–Trinajstić information content (AvgIpc) is 3.04. The van der Waals surface area contributed by atoms with Gasteiger partial charge in [0.05, 0.1) is 12.7 Å². The number of aromatic carboxylic acids is 1. The molecule has 2 aromatic carbocycles. The topological polar surface area (TPSA) is 84.9 Å². The highest BCUT2D eigenvalue weighted by molar-refractivity contribution is 5.88. The standard InChI is InChI=1S/C21H23NO5/c1-12-8-16-17(11-27-19(16)9-13(12)2)20(23)22-7-6-14-4-5-15(21(24)25)10-18(14)26-3/h4-5,8-10,17H,6-7,11H2,1-3H3,(H,22,23)(H,24,25). The third kappa shape index (κ3) is 3.89. The van der Waals surface area contributed by atoms with Crippen molar-refractivity contribution in [1.29, 1.82) is 0 Å². The lowest BCUT2D eigenvalue weighted by molar-refractivity contribution is -0.122. The highest BCUT2D eigenvalue weighted by Gasteiger charge is 2.30. The van der Waals surface area contributed by atoms with Crippen molar-refractivity contribution >= 4 is 11.9 Å². The monoisotopic (exact) mass is 369 g/mol. The number of rotatable bonds is 6. The van der Waals surface area contributed by atoms with E-state index in [-0.39, 0.29) is 17.4 Å². The summed E-state index contributed by atoms with van der Waals surface area (Å²) in [5.41, 5.74) is 4.23. The number of methoxy groups -OCH3 is 1. The molecule has 0 radical (unpaired) electrons. The molecule has 0 saturated heterocycles. The number of hydrogen-bond acceptors (Lipinski definition) is 4. The van der Waals surface area contributed by atoms with E-state index in [4.69, 9.17) is 14.6 Å². The Bertz CT molecular complexity index is 890. The fourth-order valence-electron chi connectivity index (χ4n) is 3.22. The number of carbonyl (C=O) groups is 2. The van der Waals surface area contributed by atoms with Crippen molar-refractivity contribution in [3.63, 3.8) is 0 Å². The van der Waals surface area contributed by atoms with E-state index in [0.29, 0.717) is 25.3 Å². The van der Waals surface area contributed by atoms with Crippen LogP contribution in [0.1, 0.15) is 38.5 Å². The minimum absolute atomic E-state index is 0.0712.